The molecule has 1 aromatic carbocycles. The molecule has 104 valence electrons. The van der Waals surface area contributed by atoms with Gasteiger partial charge in [0.15, 0.2) is 0 Å². The molecule has 1 heterocycles. The first-order chi connectivity index (χ1) is 9.56. The van der Waals surface area contributed by atoms with Gasteiger partial charge in [-0.2, -0.15) is 0 Å². The number of anilines is 1. The standard InChI is InChI=1S/C15H17N3O2/c1-10-3-4-12(9-11(10)2)13-5-6-14(18-17-13)16-8-7-15(19)20/h3-6,9H,7-8H2,1-2H3,(H,16,18)(H,19,20). The summed E-state index contributed by atoms with van der Waals surface area (Å²) in [6, 6.07) is 9.84. The number of aliphatic carboxylic acids is 1. The Hall–Kier alpha value is -2.43. The van der Waals surface area contributed by atoms with E-state index in [9.17, 15) is 4.79 Å². The molecule has 20 heavy (non-hydrogen) atoms. The minimum Gasteiger partial charge on any atom is -0.481 e. The lowest BCUT2D eigenvalue weighted by Gasteiger charge is -2.06. The Labute approximate surface area is 117 Å². The van der Waals surface area contributed by atoms with Gasteiger partial charge in [-0.15, -0.1) is 10.2 Å². The SMILES string of the molecule is Cc1ccc(-c2ccc(NCCC(=O)O)nn2)cc1C. The van der Waals surface area contributed by atoms with E-state index < -0.39 is 5.97 Å². The second kappa shape index (κ2) is 6.14. The fourth-order valence-electron chi connectivity index (χ4n) is 1.78. The predicted octanol–water partition coefficient (Wildman–Crippen LogP) is 2.65. The van der Waals surface area contributed by atoms with Gasteiger partial charge in [0.1, 0.15) is 5.82 Å². The summed E-state index contributed by atoms with van der Waals surface area (Å²) in [5.74, 6) is -0.254. The number of rotatable bonds is 5. The first kappa shape index (κ1) is 14.0. The van der Waals surface area contributed by atoms with Gasteiger partial charge in [-0.25, -0.2) is 0 Å². The van der Waals surface area contributed by atoms with Crippen LogP contribution in [0.4, 0.5) is 5.82 Å². The van der Waals surface area contributed by atoms with Gasteiger partial charge in [0.2, 0.25) is 0 Å². The van der Waals surface area contributed by atoms with Crippen molar-refractivity contribution in [1.82, 2.24) is 10.2 Å². The summed E-state index contributed by atoms with van der Waals surface area (Å²) in [6.07, 6.45) is 0.0561. The summed E-state index contributed by atoms with van der Waals surface area (Å²) in [5, 5.41) is 19.7. The molecule has 0 unspecified atom stereocenters. The largest absolute Gasteiger partial charge is 0.481 e. The summed E-state index contributed by atoms with van der Waals surface area (Å²) in [7, 11) is 0. The maximum absolute atomic E-state index is 10.4. The summed E-state index contributed by atoms with van der Waals surface area (Å²) in [5.41, 5.74) is 4.29. The predicted molar refractivity (Wildman–Crippen MR) is 77.7 cm³/mol. The van der Waals surface area contributed by atoms with Crippen LogP contribution in [-0.4, -0.2) is 27.8 Å². The van der Waals surface area contributed by atoms with Crippen molar-refractivity contribution >= 4 is 11.8 Å². The molecule has 0 fully saturated rings. The molecule has 0 aliphatic heterocycles. The highest BCUT2D eigenvalue weighted by atomic mass is 16.4. The van der Waals surface area contributed by atoms with Crippen molar-refractivity contribution in [2.24, 2.45) is 0 Å². The quantitative estimate of drug-likeness (QED) is 0.874. The highest BCUT2D eigenvalue weighted by Crippen LogP contribution is 2.20. The van der Waals surface area contributed by atoms with Gasteiger partial charge in [0.05, 0.1) is 12.1 Å². The Balaban J connectivity index is 2.07. The van der Waals surface area contributed by atoms with Crippen LogP contribution in [0.25, 0.3) is 11.3 Å². The summed E-state index contributed by atoms with van der Waals surface area (Å²) < 4.78 is 0. The van der Waals surface area contributed by atoms with Gasteiger partial charge in [0, 0.05) is 12.1 Å². The molecule has 5 heteroatoms. The number of nitrogens with zero attached hydrogens (tertiary/aromatic N) is 2. The van der Waals surface area contributed by atoms with Crippen LogP contribution in [0.3, 0.4) is 0 Å². The van der Waals surface area contributed by atoms with E-state index in [0.717, 1.165) is 11.3 Å². The zero-order chi connectivity index (χ0) is 14.5. The highest BCUT2D eigenvalue weighted by molar-refractivity contribution is 5.67. The minimum atomic E-state index is -0.836. The van der Waals surface area contributed by atoms with Crippen molar-refractivity contribution in [3.05, 3.63) is 41.5 Å². The normalized spacial score (nSPS) is 10.3. The Morgan fingerprint density at radius 2 is 1.95 bits per heavy atom. The molecule has 0 atom stereocenters. The lowest BCUT2D eigenvalue weighted by atomic mass is 10.0. The van der Waals surface area contributed by atoms with Crippen molar-refractivity contribution in [1.29, 1.82) is 0 Å². The van der Waals surface area contributed by atoms with E-state index in [1.54, 1.807) is 6.07 Å². The monoisotopic (exact) mass is 271 g/mol. The first-order valence-electron chi connectivity index (χ1n) is 6.43. The third kappa shape index (κ3) is 3.54. The van der Waals surface area contributed by atoms with Crippen molar-refractivity contribution in [3.63, 3.8) is 0 Å². The zero-order valence-corrected chi connectivity index (χ0v) is 11.6. The highest BCUT2D eigenvalue weighted by Gasteiger charge is 2.03. The van der Waals surface area contributed by atoms with Gasteiger partial charge in [-0.1, -0.05) is 12.1 Å². The molecular weight excluding hydrogens is 254 g/mol. The number of benzene rings is 1. The number of carboxylic acid groups (broad SMARTS) is 1. The first-order valence-corrected chi connectivity index (χ1v) is 6.43. The average molecular weight is 271 g/mol. The van der Waals surface area contributed by atoms with E-state index in [4.69, 9.17) is 5.11 Å². The van der Waals surface area contributed by atoms with E-state index in [1.165, 1.54) is 11.1 Å². The van der Waals surface area contributed by atoms with E-state index in [2.05, 4.69) is 41.5 Å². The number of carboxylic acids is 1. The third-order valence-electron chi connectivity index (χ3n) is 3.11. The molecule has 0 aliphatic rings. The molecule has 0 saturated carbocycles. The van der Waals surface area contributed by atoms with Crippen LogP contribution in [0.1, 0.15) is 17.5 Å². The number of nitrogens with one attached hydrogen (secondary N) is 1. The van der Waals surface area contributed by atoms with E-state index in [0.29, 0.717) is 12.4 Å². The van der Waals surface area contributed by atoms with Crippen molar-refractivity contribution in [2.75, 3.05) is 11.9 Å². The molecule has 0 aliphatic carbocycles. The molecule has 0 saturated heterocycles. The number of hydrogen-bond donors (Lipinski definition) is 2. The summed E-state index contributed by atoms with van der Waals surface area (Å²) >= 11 is 0. The van der Waals surface area contributed by atoms with Crippen LogP contribution in [0, 0.1) is 13.8 Å². The molecule has 2 rings (SSSR count). The Morgan fingerprint density at radius 1 is 1.15 bits per heavy atom. The van der Waals surface area contributed by atoms with Gasteiger partial charge in [0.25, 0.3) is 0 Å². The van der Waals surface area contributed by atoms with E-state index in [-0.39, 0.29) is 6.42 Å². The van der Waals surface area contributed by atoms with Gasteiger partial charge >= 0.3 is 5.97 Å². The Bertz CT molecular complexity index is 609. The molecule has 2 aromatic rings. The van der Waals surface area contributed by atoms with Gasteiger partial charge in [-0.05, 0) is 43.2 Å². The molecule has 5 nitrogen and oxygen atoms in total. The lowest BCUT2D eigenvalue weighted by Crippen LogP contribution is -2.09. The van der Waals surface area contributed by atoms with E-state index >= 15 is 0 Å². The Morgan fingerprint density at radius 3 is 2.55 bits per heavy atom. The second-order valence-electron chi connectivity index (χ2n) is 4.67. The number of aromatic nitrogens is 2. The fourth-order valence-corrected chi connectivity index (χ4v) is 1.78. The average Bonchev–Trinajstić information content (AvgIpc) is 2.42. The van der Waals surface area contributed by atoms with Crippen LogP contribution in [0.5, 0.6) is 0 Å². The molecule has 2 N–H and O–H groups in total. The summed E-state index contributed by atoms with van der Waals surface area (Å²) in [4.78, 5) is 10.4. The molecule has 0 radical (unpaired) electrons. The molecule has 0 spiro atoms. The molecule has 0 bridgehead atoms. The molecule has 0 amide bonds. The van der Waals surface area contributed by atoms with E-state index in [1.807, 2.05) is 12.1 Å². The number of carbonyl (C=O) groups is 1. The third-order valence-corrected chi connectivity index (χ3v) is 3.11. The van der Waals surface area contributed by atoms with Crippen LogP contribution in [0.15, 0.2) is 30.3 Å². The maximum Gasteiger partial charge on any atom is 0.305 e. The Kier molecular flexibility index (Phi) is 4.30. The van der Waals surface area contributed by atoms with Crippen molar-refractivity contribution < 1.29 is 9.90 Å². The number of hydrogen-bond acceptors (Lipinski definition) is 4. The molecule has 1 aromatic heterocycles. The van der Waals surface area contributed by atoms with Gasteiger partial charge < -0.3 is 10.4 Å². The van der Waals surface area contributed by atoms with Crippen LogP contribution in [0.2, 0.25) is 0 Å². The number of aryl methyl sites for hydroxylation is 2. The second-order valence-corrected chi connectivity index (χ2v) is 4.67. The smallest absolute Gasteiger partial charge is 0.305 e. The maximum atomic E-state index is 10.4. The van der Waals surface area contributed by atoms with Crippen molar-refractivity contribution in [3.8, 4) is 11.3 Å². The van der Waals surface area contributed by atoms with Gasteiger partial charge in [-0.3, -0.25) is 4.79 Å². The minimum absolute atomic E-state index is 0.0561. The van der Waals surface area contributed by atoms with Crippen LogP contribution in [-0.2, 0) is 4.79 Å². The van der Waals surface area contributed by atoms with Crippen LogP contribution < -0.4 is 5.32 Å². The molecular formula is C15H17N3O2. The fraction of sp³-hybridized carbons (Fsp3) is 0.267. The topological polar surface area (TPSA) is 75.1 Å². The van der Waals surface area contributed by atoms with Crippen molar-refractivity contribution in [2.45, 2.75) is 20.3 Å². The zero-order valence-electron chi connectivity index (χ0n) is 11.6. The van der Waals surface area contributed by atoms with Crippen LogP contribution >= 0.6 is 0 Å². The summed E-state index contributed by atoms with van der Waals surface area (Å²) in [6.45, 7) is 4.47. The lowest BCUT2D eigenvalue weighted by molar-refractivity contribution is -0.136.